The topological polar surface area (TPSA) is 56.7 Å². The number of hydrogen-bond donors (Lipinski definition) is 1. The number of benzene rings is 1. The van der Waals surface area contributed by atoms with E-state index in [1.54, 1.807) is 0 Å². The number of carboxylic acid groups (broad SMARTS) is 1. The highest BCUT2D eigenvalue weighted by molar-refractivity contribution is 6.31. The summed E-state index contributed by atoms with van der Waals surface area (Å²) in [6.45, 7) is 4.45. The highest BCUT2D eigenvalue weighted by atomic mass is 35.5. The molecule has 6 heteroatoms. The molecule has 2 saturated heterocycles. The molecule has 4 rings (SSSR count). The summed E-state index contributed by atoms with van der Waals surface area (Å²) in [5.74, 6) is 0.262. The number of fused-ring (bicyclic) bond motifs is 2. The van der Waals surface area contributed by atoms with E-state index in [9.17, 15) is 9.90 Å². The number of likely N-dealkylation sites (N-methyl/N-ethyl adjacent to an activating group) is 1. The van der Waals surface area contributed by atoms with Crippen molar-refractivity contribution in [2.45, 2.75) is 32.2 Å². The molecule has 1 N–H and O–H groups in total. The van der Waals surface area contributed by atoms with E-state index in [2.05, 4.69) is 22.8 Å². The molecule has 0 saturated carbocycles. The van der Waals surface area contributed by atoms with Crippen LogP contribution in [0.25, 0.3) is 10.9 Å². The third-order valence-corrected chi connectivity index (χ3v) is 6.48. The molecule has 2 aromatic rings. The molecule has 0 bridgehead atoms. The minimum atomic E-state index is -0.650. The van der Waals surface area contributed by atoms with Crippen molar-refractivity contribution in [1.29, 1.82) is 0 Å². The van der Waals surface area contributed by atoms with Gasteiger partial charge in [0.15, 0.2) is 0 Å². The molecule has 138 valence electrons. The van der Waals surface area contributed by atoms with Gasteiger partial charge in [-0.1, -0.05) is 17.7 Å². The van der Waals surface area contributed by atoms with E-state index in [0.29, 0.717) is 18.0 Å². The third kappa shape index (κ3) is 2.74. The number of hydrogen-bond acceptors (Lipinski definition) is 4. The van der Waals surface area contributed by atoms with Gasteiger partial charge in [-0.05, 0) is 63.5 Å². The monoisotopic (exact) mass is 373 g/mol. The van der Waals surface area contributed by atoms with Crippen molar-refractivity contribution in [3.8, 4) is 0 Å². The zero-order valence-corrected chi connectivity index (χ0v) is 16.0. The number of piperidine rings is 2. The first-order valence-corrected chi connectivity index (χ1v) is 9.54. The van der Waals surface area contributed by atoms with Crippen LogP contribution in [0, 0.1) is 12.3 Å². The van der Waals surface area contributed by atoms with E-state index in [4.69, 9.17) is 16.6 Å². The lowest BCUT2D eigenvalue weighted by molar-refractivity contribution is -0.158. The Morgan fingerprint density at radius 1 is 1.31 bits per heavy atom. The minimum absolute atomic E-state index is 0.0136. The van der Waals surface area contributed by atoms with Crippen molar-refractivity contribution in [3.63, 3.8) is 0 Å². The lowest BCUT2D eigenvalue weighted by Gasteiger charge is -2.52. The Hall–Kier alpha value is -1.85. The second kappa shape index (κ2) is 6.39. The van der Waals surface area contributed by atoms with Crippen LogP contribution in [0.5, 0.6) is 0 Å². The molecule has 1 aromatic heterocycles. The quantitative estimate of drug-likeness (QED) is 0.872. The molecule has 0 amide bonds. The zero-order valence-electron chi connectivity index (χ0n) is 15.2. The van der Waals surface area contributed by atoms with Crippen LogP contribution in [0.2, 0.25) is 5.02 Å². The molecule has 3 heterocycles. The van der Waals surface area contributed by atoms with Crippen LogP contribution in [0.1, 0.15) is 24.8 Å². The summed E-state index contributed by atoms with van der Waals surface area (Å²) in [6, 6.07) is 7.90. The number of likely N-dealkylation sites (tertiary alicyclic amines) is 1. The van der Waals surface area contributed by atoms with E-state index in [1.165, 1.54) is 0 Å². The summed E-state index contributed by atoms with van der Waals surface area (Å²) in [7, 11) is 2.05. The molecule has 1 aromatic carbocycles. The molecule has 26 heavy (non-hydrogen) atoms. The van der Waals surface area contributed by atoms with Gasteiger partial charge in [0.25, 0.3) is 0 Å². The van der Waals surface area contributed by atoms with Crippen LogP contribution in [-0.4, -0.2) is 53.7 Å². The fourth-order valence-corrected chi connectivity index (χ4v) is 4.88. The fourth-order valence-electron chi connectivity index (χ4n) is 4.71. The van der Waals surface area contributed by atoms with Crippen LogP contribution in [-0.2, 0) is 4.79 Å². The zero-order chi connectivity index (χ0) is 18.5. The van der Waals surface area contributed by atoms with E-state index in [1.807, 2.05) is 25.2 Å². The number of rotatable bonds is 2. The summed E-state index contributed by atoms with van der Waals surface area (Å²) < 4.78 is 0. The van der Waals surface area contributed by atoms with E-state index in [0.717, 1.165) is 48.2 Å². The van der Waals surface area contributed by atoms with Gasteiger partial charge in [0.2, 0.25) is 0 Å². The van der Waals surface area contributed by atoms with Gasteiger partial charge in [-0.25, -0.2) is 4.98 Å². The molecule has 0 radical (unpaired) electrons. The number of nitrogens with zero attached hydrogens (tertiary/aromatic N) is 3. The number of aliphatic carboxylic acids is 1. The van der Waals surface area contributed by atoms with Gasteiger partial charge in [0.05, 0.1) is 10.9 Å². The van der Waals surface area contributed by atoms with E-state index >= 15 is 0 Å². The van der Waals surface area contributed by atoms with Crippen molar-refractivity contribution in [1.82, 2.24) is 9.88 Å². The predicted molar refractivity (Wildman–Crippen MR) is 104 cm³/mol. The van der Waals surface area contributed by atoms with E-state index in [-0.39, 0.29) is 6.04 Å². The molecule has 2 aliphatic rings. The van der Waals surface area contributed by atoms with Crippen LogP contribution < -0.4 is 4.90 Å². The van der Waals surface area contributed by atoms with Crippen LogP contribution >= 0.6 is 11.6 Å². The highest BCUT2D eigenvalue weighted by Gasteiger charge is 2.52. The van der Waals surface area contributed by atoms with E-state index < -0.39 is 11.4 Å². The summed E-state index contributed by atoms with van der Waals surface area (Å²) in [4.78, 5) is 21.4. The standard InChI is InChI=1S/C20H24ClN3O2/c1-13-10-18(22-16-11-14(21)4-5-15(13)16)24-9-7-20(19(25)26)6-3-8-23(2)17(20)12-24/h4-5,10-11,17H,3,6-9,12H2,1-2H3,(H,25,26)/t17-,20+/m1/s1. The smallest absolute Gasteiger partial charge is 0.311 e. The normalized spacial score (nSPS) is 26.7. The second-order valence-corrected chi connectivity index (χ2v) is 8.15. The highest BCUT2D eigenvalue weighted by Crippen LogP contribution is 2.43. The SMILES string of the molecule is Cc1cc(N2CC[C@@]3(C(=O)O)CCCN(C)[C@@H]3C2)nc2cc(Cl)ccc12. The molecule has 0 aliphatic carbocycles. The fraction of sp³-hybridized carbons (Fsp3) is 0.500. The first-order chi connectivity index (χ1) is 12.4. The lowest BCUT2D eigenvalue weighted by Crippen LogP contribution is -2.63. The van der Waals surface area contributed by atoms with Crippen molar-refractivity contribution < 1.29 is 9.90 Å². The summed E-state index contributed by atoms with van der Waals surface area (Å²) in [5.41, 5.74) is 1.42. The number of halogens is 1. The van der Waals surface area contributed by atoms with Gasteiger partial charge in [0, 0.05) is 29.5 Å². The molecule has 0 unspecified atom stereocenters. The Balaban J connectivity index is 1.70. The lowest BCUT2D eigenvalue weighted by atomic mass is 9.68. The molecule has 2 aliphatic heterocycles. The summed E-state index contributed by atoms with van der Waals surface area (Å²) in [6.07, 6.45) is 2.38. The number of carbonyl (C=O) groups is 1. The second-order valence-electron chi connectivity index (χ2n) is 7.72. The number of anilines is 1. The van der Waals surface area contributed by atoms with Crippen molar-refractivity contribution in [2.24, 2.45) is 5.41 Å². The van der Waals surface area contributed by atoms with Gasteiger partial charge in [-0.2, -0.15) is 0 Å². The Labute approximate surface area is 158 Å². The molecular formula is C20H24ClN3O2. The molecule has 2 fully saturated rings. The number of pyridine rings is 1. The van der Waals surface area contributed by atoms with Crippen LogP contribution in [0.4, 0.5) is 5.82 Å². The van der Waals surface area contributed by atoms with Gasteiger partial charge < -0.3 is 14.9 Å². The summed E-state index contributed by atoms with van der Waals surface area (Å²) >= 11 is 6.15. The predicted octanol–water partition coefficient (Wildman–Crippen LogP) is 3.57. The van der Waals surface area contributed by atoms with Gasteiger partial charge >= 0.3 is 5.97 Å². The maximum Gasteiger partial charge on any atom is 0.311 e. The van der Waals surface area contributed by atoms with Gasteiger partial charge in [-0.3, -0.25) is 4.79 Å². The Kier molecular flexibility index (Phi) is 4.32. The Morgan fingerprint density at radius 2 is 2.12 bits per heavy atom. The molecule has 5 nitrogen and oxygen atoms in total. The first kappa shape index (κ1) is 17.6. The first-order valence-electron chi connectivity index (χ1n) is 9.16. The number of aromatic nitrogens is 1. The maximum atomic E-state index is 12.1. The maximum absolute atomic E-state index is 12.1. The molecular weight excluding hydrogens is 350 g/mol. The number of carboxylic acids is 1. The van der Waals surface area contributed by atoms with Crippen molar-refractivity contribution in [3.05, 3.63) is 34.9 Å². The van der Waals surface area contributed by atoms with Crippen LogP contribution in [0.15, 0.2) is 24.3 Å². The Morgan fingerprint density at radius 3 is 2.88 bits per heavy atom. The average molecular weight is 374 g/mol. The number of aryl methyl sites for hydroxylation is 1. The third-order valence-electron chi connectivity index (χ3n) is 6.24. The minimum Gasteiger partial charge on any atom is -0.481 e. The van der Waals surface area contributed by atoms with Crippen molar-refractivity contribution in [2.75, 3.05) is 31.6 Å². The largest absolute Gasteiger partial charge is 0.481 e. The molecule has 2 atom stereocenters. The molecule has 0 spiro atoms. The average Bonchev–Trinajstić information content (AvgIpc) is 2.61. The Bertz CT molecular complexity index is 872. The summed E-state index contributed by atoms with van der Waals surface area (Å²) in [5, 5.41) is 11.7. The van der Waals surface area contributed by atoms with Gasteiger partial charge in [-0.15, -0.1) is 0 Å². The van der Waals surface area contributed by atoms with Crippen LogP contribution in [0.3, 0.4) is 0 Å². The van der Waals surface area contributed by atoms with Crippen molar-refractivity contribution >= 4 is 34.3 Å². The van der Waals surface area contributed by atoms with Gasteiger partial charge in [0.1, 0.15) is 5.82 Å².